The number of aryl methyl sites for hydroxylation is 2. The van der Waals surface area contributed by atoms with E-state index in [4.69, 9.17) is 0 Å². The molecular formula is C20H28N4O2. The largest absolute Gasteiger partial charge is 0.353 e. The Morgan fingerprint density at radius 1 is 1.38 bits per heavy atom. The number of carbonyl (C=O) groups is 1. The lowest BCUT2D eigenvalue weighted by atomic mass is 9.69. The smallest absolute Gasteiger partial charge is 0.266 e. The Morgan fingerprint density at radius 2 is 2.12 bits per heavy atom. The van der Waals surface area contributed by atoms with Crippen molar-refractivity contribution in [2.45, 2.75) is 66.3 Å². The van der Waals surface area contributed by atoms with Gasteiger partial charge in [0.05, 0.1) is 6.42 Å². The topological polar surface area (TPSA) is 79.3 Å². The molecule has 0 spiro atoms. The van der Waals surface area contributed by atoms with Crippen LogP contribution in [0, 0.1) is 30.6 Å². The number of H-pyrrole nitrogens is 1. The molecule has 3 unspecified atom stereocenters. The van der Waals surface area contributed by atoms with Gasteiger partial charge in [-0.15, -0.1) is 0 Å². The van der Waals surface area contributed by atoms with E-state index in [1.165, 1.54) is 18.9 Å². The Balaban J connectivity index is 1.56. The Labute approximate surface area is 153 Å². The summed E-state index contributed by atoms with van der Waals surface area (Å²) in [6, 6.07) is 1.72. The molecule has 2 heterocycles. The molecule has 2 aliphatic carbocycles. The number of nitrogens with zero attached hydrogens (tertiary/aromatic N) is 2. The number of rotatable bonds is 3. The van der Waals surface area contributed by atoms with Gasteiger partial charge in [-0.05, 0) is 49.9 Å². The number of fused-ring (bicyclic) bond motifs is 3. The number of hydrogen-bond acceptors (Lipinski definition) is 3. The van der Waals surface area contributed by atoms with Gasteiger partial charge in [0.15, 0.2) is 5.65 Å². The van der Waals surface area contributed by atoms with E-state index in [9.17, 15) is 9.59 Å². The van der Waals surface area contributed by atoms with Crippen LogP contribution < -0.4 is 10.9 Å². The average molecular weight is 356 g/mol. The van der Waals surface area contributed by atoms with E-state index in [0.29, 0.717) is 18.0 Å². The van der Waals surface area contributed by atoms with Gasteiger partial charge in [0, 0.05) is 29.1 Å². The fourth-order valence-electron chi connectivity index (χ4n) is 5.44. The summed E-state index contributed by atoms with van der Waals surface area (Å²) < 4.78 is 1.67. The van der Waals surface area contributed by atoms with Crippen LogP contribution in [0.1, 0.15) is 57.0 Å². The Morgan fingerprint density at radius 3 is 2.73 bits per heavy atom. The molecule has 2 aromatic heterocycles. The first-order valence-corrected chi connectivity index (χ1v) is 9.51. The van der Waals surface area contributed by atoms with Crippen LogP contribution in [0.3, 0.4) is 0 Å². The summed E-state index contributed by atoms with van der Waals surface area (Å²) >= 11 is 0. The highest BCUT2D eigenvalue weighted by atomic mass is 16.1. The van der Waals surface area contributed by atoms with Gasteiger partial charge in [0.1, 0.15) is 0 Å². The third-order valence-electron chi connectivity index (χ3n) is 7.67. The molecule has 26 heavy (non-hydrogen) atoms. The van der Waals surface area contributed by atoms with E-state index in [1.54, 1.807) is 4.52 Å². The van der Waals surface area contributed by atoms with E-state index in [0.717, 1.165) is 23.4 Å². The molecule has 3 atom stereocenters. The summed E-state index contributed by atoms with van der Waals surface area (Å²) in [6.07, 6.45) is 3.83. The molecule has 2 N–H and O–H groups in total. The molecule has 1 amide bonds. The molecule has 0 saturated heterocycles. The molecule has 6 heteroatoms. The van der Waals surface area contributed by atoms with E-state index < -0.39 is 0 Å². The van der Waals surface area contributed by atoms with Crippen molar-refractivity contribution in [1.82, 2.24) is 19.9 Å². The van der Waals surface area contributed by atoms with Crippen molar-refractivity contribution in [2.75, 3.05) is 0 Å². The lowest BCUT2D eigenvalue weighted by Gasteiger charge is -2.39. The van der Waals surface area contributed by atoms with E-state index >= 15 is 0 Å². The molecule has 4 rings (SSSR count). The summed E-state index contributed by atoms with van der Waals surface area (Å²) in [6.45, 7) is 10.9. The number of nitrogens with one attached hydrogen (secondary N) is 2. The van der Waals surface area contributed by atoms with Crippen LogP contribution in [0.2, 0.25) is 0 Å². The van der Waals surface area contributed by atoms with Gasteiger partial charge in [0.2, 0.25) is 5.91 Å². The third-order valence-corrected chi connectivity index (χ3v) is 7.67. The minimum atomic E-state index is -0.182. The van der Waals surface area contributed by atoms with E-state index in [2.05, 4.69) is 36.2 Å². The molecule has 0 aromatic carbocycles. The molecule has 2 fully saturated rings. The maximum Gasteiger partial charge on any atom is 0.266 e. The molecule has 0 radical (unpaired) electrons. The summed E-state index contributed by atoms with van der Waals surface area (Å²) in [5.74, 6) is 0.741. The molecule has 6 nitrogen and oxygen atoms in total. The fraction of sp³-hybridized carbons (Fsp3) is 0.650. The van der Waals surface area contributed by atoms with Gasteiger partial charge in [-0.1, -0.05) is 20.8 Å². The first-order chi connectivity index (χ1) is 12.1. The van der Waals surface area contributed by atoms with Gasteiger partial charge in [0.25, 0.3) is 5.56 Å². The summed E-state index contributed by atoms with van der Waals surface area (Å²) in [7, 11) is 0. The maximum absolute atomic E-state index is 12.8. The summed E-state index contributed by atoms with van der Waals surface area (Å²) in [5, 5.41) is 6.06. The zero-order chi connectivity index (χ0) is 18.9. The Bertz CT molecular complexity index is 955. The normalized spacial score (nSPS) is 29.4. The lowest BCUT2D eigenvalue weighted by Crippen LogP contribution is -2.47. The highest BCUT2D eigenvalue weighted by Crippen LogP contribution is 2.65. The van der Waals surface area contributed by atoms with Gasteiger partial charge >= 0.3 is 0 Å². The van der Waals surface area contributed by atoms with Crippen molar-refractivity contribution < 1.29 is 4.79 Å². The highest BCUT2D eigenvalue weighted by Gasteiger charge is 2.61. The Hall–Kier alpha value is -2.11. The standard InChI is InChI=1S/C20H28N4O2/c1-11-14(12(2)24-16(21-11)10-18(26)23-24)9-17(25)22-15-8-13-6-7-20(15,5)19(13,3)4/h10,13,15H,6-9H2,1-5H3,(H,22,25)(H,23,26). The average Bonchev–Trinajstić information content (AvgIpc) is 3.09. The minimum absolute atomic E-state index is 0.0430. The van der Waals surface area contributed by atoms with Crippen LogP contribution >= 0.6 is 0 Å². The number of amides is 1. The second kappa shape index (κ2) is 5.44. The van der Waals surface area contributed by atoms with Crippen molar-refractivity contribution in [3.05, 3.63) is 33.4 Å². The van der Waals surface area contributed by atoms with Gasteiger partial charge in [-0.2, -0.15) is 0 Å². The number of aromatic amines is 1. The summed E-state index contributed by atoms with van der Waals surface area (Å²) in [4.78, 5) is 28.9. The van der Waals surface area contributed by atoms with Crippen LogP contribution in [0.5, 0.6) is 0 Å². The molecule has 140 valence electrons. The number of hydrogen-bond donors (Lipinski definition) is 2. The minimum Gasteiger partial charge on any atom is -0.353 e. The zero-order valence-corrected chi connectivity index (χ0v) is 16.3. The fourth-order valence-corrected chi connectivity index (χ4v) is 5.44. The monoisotopic (exact) mass is 356 g/mol. The predicted molar refractivity (Wildman–Crippen MR) is 100 cm³/mol. The van der Waals surface area contributed by atoms with Gasteiger partial charge < -0.3 is 5.32 Å². The van der Waals surface area contributed by atoms with Crippen LogP contribution in [0.25, 0.3) is 5.65 Å². The van der Waals surface area contributed by atoms with E-state index in [-0.39, 0.29) is 28.3 Å². The Kier molecular flexibility index (Phi) is 3.62. The van der Waals surface area contributed by atoms with Crippen molar-refractivity contribution >= 4 is 11.6 Å². The van der Waals surface area contributed by atoms with Crippen molar-refractivity contribution in [3.8, 4) is 0 Å². The maximum atomic E-state index is 12.8. The van der Waals surface area contributed by atoms with Crippen molar-refractivity contribution in [2.24, 2.45) is 16.7 Å². The van der Waals surface area contributed by atoms with Crippen molar-refractivity contribution in [3.63, 3.8) is 0 Å². The van der Waals surface area contributed by atoms with Crippen LogP contribution in [0.4, 0.5) is 0 Å². The molecule has 2 saturated carbocycles. The SMILES string of the molecule is Cc1nc2cc(=O)[nH]n2c(C)c1CC(=O)NC1CC2CCC1(C)C2(C)C. The molecule has 0 aliphatic heterocycles. The van der Waals surface area contributed by atoms with Crippen LogP contribution in [-0.2, 0) is 11.2 Å². The predicted octanol–water partition coefficient (Wildman–Crippen LogP) is 2.51. The third kappa shape index (κ3) is 2.27. The van der Waals surface area contributed by atoms with Crippen LogP contribution in [-0.4, -0.2) is 26.5 Å². The zero-order valence-electron chi connectivity index (χ0n) is 16.3. The first kappa shape index (κ1) is 17.3. The second-order valence-electron chi connectivity index (χ2n) is 8.98. The molecule has 2 bridgehead atoms. The number of carbonyl (C=O) groups excluding carboxylic acids is 1. The van der Waals surface area contributed by atoms with Crippen molar-refractivity contribution in [1.29, 1.82) is 0 Å². The molecule has 2 aliphatic rings. The second-order valence-corrected chi connectivity index (χ2v) is 8.98. The first-order valence-electron chi connectivity index (χ1n) is 9.51. The van der Waals surface area contributed by atoms with Gasteiger partial charge in [-0.25, -0.2) is 9.50 Å². The van der Waals surface area contributed by atoms with Crippen LogP contribution in [0.15, 0.2) is 10.9 Å². The highest BCUT2D eigenvalue weighted by molar-refractivity contribution is 5.79. The quantitative estimate of drug-likeness (QED) is 0.887. The molecular weight excluding hydrogens is 328 g/mol. The van der Waals surface area contributed by atoms with E-state index in [1.807, 2.05) is 13.8 Å². The molecule has 2 aromatic rings. The lowest BCUT2D eigenvalue weighted by molar-refractivity contribution is -0.122. The number of aromatic nitrogens is 3. The van der Waals surface area contributed by atoms with Gasteiger partial charge in [-0.3, -0.25) is 14.7 Å². The summed E-state index contributed by atoms with van der Waals surface area (Å²) in [5.41, 5.74) is 3.41.